The summed E-state index contributed by atoms with van der Waals surface area (Å²) in [6, 6.07) is 17.8. The van der Waals surface area contributed by atoms with Gasteiger partial charge in [0.15, 0.2) is 0 Å². The van der Waals surface area contributed by atoms with Crippen molar-refractivity contribution in [3.05, 3.63) is 106 Å². The summed E-state index contributed by atoms with van der Waals surface area (Å²) in [6.45, 7) is 31.6. The standard InChI is InChI=1S/C48H58N6/c1-13-53(14-2)33-21-17-29(18-22-33)43-49-39-35-25-31(45(5,6)7)27-37-41-42(52-44(51-41)30-19-23-34(24-20-30)54(15-3)16-4)38-28-32(46(8,9)10)26-36(40(39)50-43)48(38,12)47(35,37)11/h17-28H,13-16H2,1-12H3,(H,49,50)(H,51,52). The third kappa shape index (κ3) is 5.12. The molecule has 4 aromatic rings. The third-order valence-corrected chi connectivity index (χ3v) is 13.1. The van der Waals surface area contributed by atoms with Crippen LogP contribution in [0.4, 0.5) is 11.4 Å². The van der Waals surface area contributed by atoms with Crippen LogP contribution in [0.3, 0.4) is 0 Å². The quantitative estimate of drug-likeness (QED) is 0.190. The van der Waals surface area contributed by atoms with E-state index in [-0.39, 0.29) is 10.8 Å². The van der Waals surface area contributed by atoms with Crippen LogP contribution in [-0.4, -0.2) is 46.1 Å². The van der Waals surface area contributed by atoms with Crippen LogP contribution >= 0.6 is 0 Å². The first kappa shape index (κ1) is 36.2. The highest BCUT2D eigenvalue weighted by Gasteiger charge is 2.62. The van der Waals surface area contributed by atoms with Crippen LogP contribution in [0.2, 0.25) is 0 Å². The summed E-state index contributed by atoms with van der Waals surface area (Å²) in [6.07, 6.45) is 9.88. The molecule has 0 saturated carbocycles. The van der Waals surface area contributed by atoms with E-state index in [1.807, 2.05) is 0 Å². The van der Waals surface area contributed by atoms with Gasteiger partial charge in [-0.25, -0.2) is 9.97 Å². The number of hydrogen-bond acceptors (Lipinski definition) is 4. The van der Waals surface area contributed by atoms with E-state index >= 15 is 0 Å². The highest BCUT2D eigenvalue weighted by atomic mass is 15.1. The van der Waals surface area contributed by atoms with Crippen molar-refractivity contribution in [2.45, 2.75) is 83.1 Å². The number of allylic oxidation sites excluding steroid dienone is 8. The molecule has 0 spiro atoms. The van der Waals surface area contributed by atoms with Crippen molar-refractivity contribution in [3.63, 3.8) is 0 Å². The maximum atomic E-state index is 5.54. The highest BCUT2D eigenvalue weighted by molar-refractivity contribution is 6.06. The molecule has 280 valence electrons. The van der Waals surface area contributed by atoms with E-state index in [1.54, 1.807) is 0 Å². The maximum absolute atomic E-state index is 5.54. The molecule has 6 nitrogen and oxygen atoms in total. The second-order valence-corrected chi connectivity index (χ2v) is 17.9. The number of nitrogens with zero attached hydrogens (tertiary/aromatic N) is 4. The van der Waals surface area contributed by atoms with Crippen molar-refractivity contribution in [2.24, 2.45) is 21.7 Å². The van der Waals surface area contributed by atoms with Crippen LogP contribution in [0.1, 0.15) is 94.5 Å². The molecule has 0 aliphatic heterocycles. The van der Waals surface area contributed by atoms with Gasteiger partial charge in [-0.1, -0.05) is 79.7 Å². The molecule has 2 N–H and O–H groups in total. The Morgan fingerprint density at radius 2 is 1.00 bits per heavy atom. The summed E-state index contributed by atoms with van der Waals surface area (Å²) >= 11 is 0. The second kappa shape index (κ2) is 12.3. The van der Waals surface area contributed by atoms with E-state index in [0.717, 1.165) is 71.0 Å². The Hall–Kier alpha value is -4.84. The lowest BCUT2D eigenvalue weighted by molar-refractivity contribution is 0.351. The first-order valence-corrected chi connectivity index (χ1v) is 20.1. The van der Waals surface area contributed by atoms with Crippen LogP contribution in [0.5, 0.6) is 0 Å². The molecule has 2 atom stereocenters. The molecule has 0 radical (unpaired) electrons. The minimum atomic E-state index is -0.416. The number of aromatic nitrogens is 4. The Balaban J connectivity index is 1.42. The molecule has 4 aliphatic carbocycles. The summed E-state index contributed by atoms with van der Waals surface area (Å²) in [4.78, 5) is 23.7. The topological polar surface area (TPSA) is 63.8 Å². The third-order valence-electron chi connectivity index (χ3n) is 13.1. The van der Waals surface area contributed by atoms with E-state index in [9.17, 15) is 0 Å². The Morgan fingerprint density at radius 1 is 0.556 bits per heavy atom. The van der Waals surface area contributed by atoms with Crippen LogP contribution in [0, 0.1) is 21.7 Å². The Labute approximate surface area is 322 Å². The predicted molar refractivity (Wildman–Crippen MR) is 228 cm³/mol. The van der Waals surface area contributed by atoms with Crippen molar-refractivity contribution in [1.29, 1.82) is 0 Å². The number of H-pyrrole nitrogens is 2. The molecule has 2 unspecified atom stereocenters. The smallest absolute Gasteiger partial charge is 0.138 e. The van der Waals surface area contributed by atoms with Gasteiger partial charge in [0.1, 0.15) is 11.6 Å². The SMILES string of the molecule is CCN(CC)c1ccc(-c2nc3c([nH]2)C2=CC(C(C)(C)C)=CC4=c5[nH]c(-c6ccc(N(CC)CC)cc6)nc5=C5C=C(C(C)(C)C)C=C3C5(C)C24C)cc1. The minimum Gasteiger partial charge on any atom is -0.372 e. The van der Waals surface area contributed by atoms with Gasteiger partial charge >= 0.3 is 0 Å². The number of benzene rings is 2. The fourth-order valence-electron chi connectivity index (χ4n) is 9.41. The number of fused-ring (bicyclic) bond motifs is 4. The normalized spacial score (nSPS) is 21.4. The molecule has 0 amide bonds. The lowest BCUT2D eigenvalue weighted by Gasteiger charge is -2.57. The van der Waals surface area contributed by atoms with Gasteiger partial charge in [-0.3, -0.25) is 0 Å². The van der Waals surface area contributed by atoms with Gasteiger partial charge in [-0.15, -0.1) is 0 Å². The molecule has 6 heteroatoms. The van der Waals surface area contributed by atoms with Gasteiger partial charge in [0, 0.05) is 59.5 Å². The molecular weight excluding hydrogens is 661 g/mol. The zero-order valence-electron chi connectivity index (χ0n) is 34.5. The number of hydrogen-bond donors (Lipinski definition) is 2. The molecule has 54 heavy (non-hydrogen) atoms. The lowest BCUT2D eigenvalue weighted by atomic mass is 9.44. The van der Waals surface area contributed by atoms with Crippen LogP contribution in [-0.2, 0) is 0 Å². The van der Waals surface area contributed by atoms with Gasteiger partial charge in [0.25, 0.3) is 0 Å². The van der Waals surface area contributed by atoms with Crippen molar-refractivity contribution < 1.29 is 0 Å². The van der Waals surface area contributed by atoms with E-state index in [4.69, 9.17) is 9.97 Å². The Kier molecular flexibility index (Phi) is 8.26. The Morgan fingerprint density at radius 3 is 1.48 bits per heavy atom. The van der Waals surface area contributed by atoms with Crippen molar-refractivity contribution in [1.82, 2.24) is 19.9 Å². The molecular formula is C48H58N6. The number of rotatable bonds is 8. The molecule has 2 aromatic heterocycles. The van der Waals surface area contributed by atoms with Crippen molar-refractivity contribution in [3.8, 4) is 22.8 Å². The molecule has 0 fully saturated rings. The average Bonchev–Trinajstić information content (AvgIpc) is 3.78. The van der Waals surface area contributed by atoms with E-state index < -0.39 is 10.8 Å². The number of imidazole rings is 2. The van der Waals surface area contributed by atoms with Gasteiger partial charge in [-0.05, 0) is 120 Å². The fraction of sp³-hybridized carbons (Fsp3) is 0.417. The van der Waals surface area contributed by atoms with Crippen molar-refractivity contribution in [2.75, 3.05) is 36.0 Å². The zero-order chi connectivity index (χ0) is 38.5. The summed E-state index contributed by atoms with van der Waals surface area (Å²) in [7, 11) is 0. The van der Waals surface area contributed by atoms with Crippen LogP contribution in [0.25, 0.3) is 45.1 Å². The fourth-order valence-corrected chi connectivity index (χ4v) is 9.41. The summed E-state index contributed by atoms with van der Waals surface area (Å²) in [5.74, 6) is 1.82. The molecule has 0 bridgehead atoms. The largest absolute Gasteiger partial charge is 0.372 e. The monoisotopic (exact) mass is 718 g/mol. The van der Waals surface area contributed by atoms with Crippen LogP contribution in [0.15, 0.2) is 84.0 Å². The summed E-state index contributed by atoms with van der Waals surface area (Å²) in [5.41, 5.74) is 13.6. The number of anilines is 2. The van der Waals surface area contributed by atoms with Crippen LogP contribution < -0.4 is 20.5 Å². The van der Waals surface area contributed by atoms with Crippen molar-refractivity contribution >= 4 is 33.7 Å². The number of aromatic amines is 2. The Bertz CT molecular complexity index is 2290. The highest BCUT2D eigenvalue weighted by Crippen LogP contribution is 2.71. The average molecular weight is 719 g/mol. The zero-order valence-corrected chi connectivity index (χ0v) is 34.5. The number of nitrogens with one attached hydrogen (secondary N) is 2. The first-order chi connectivity index (χ1) is 25.6. The van der Waals surface area contributed by atoms with E-state index in [1.165, 1.54) is 44.8 Å². The van der Waals surface area contributed by atoms with E-state index in [2.05, 4.69) is 176 Å². The van der Waals surface area contributed by atoms with Gasteiger partial charge < -0.3 is 19.8 Å². The summed E-state index contributed by atoms with van der Waals surface area (Å²) < 4.78 is 0. The maximum Gasteiger partial charge on any atom is 0.138 e. The van der Waals surface area contributed by atoms with E-state index in [0.29, 0.717) is 0 Å². The molecule has 2 aromatic carbocycles. The van der Waals surface area contributed by atoms with Gasteiger partial charge in [0.2, 0.25) is 0 Å². The first-order valence-electron chi connectivity index (χ1n) is 20.1. The lowest BCUT2D eigenvalue weighted by Crippen LogP contribution is -2.55. The second-order valence-electron chi connectivity index (χ2n) is 17.9. The molecule has 8 rings (SSSR count). The molecule has 4 aliphatic rings. The summed E-state index contributed by atoms with van der Waals surface area (Å²) in [5, 5.41) is 2.18. The molecule has 2 heterocycles. The minimum absolute atomic E-state index is 0.0687. The van der Waals surface area contributed by atoms with Gasteiger partial charge in [0.05, 0.1) is 22.1 Å². The predicted octanol–water partition coefficient (Wildman–Crippen LogP) is 9.94. The van der Waals surface area contributed by atoms with Gasteiger partial charge in [-0.2, -0.15) is 0 Å². The molecule has 0 saturated heterocycles.